The maximum absolute atomic E-state index is 6.69. The summed E-state index contributed by atoms with van der Waals surface area (Å²) in [6, 6.07) is 58.5. The molecule has 0 spiro atoms. The molecule has 0 N–H and O–H groups in total. The molecule has 0 unspecified atom stereocenters. The minimum absolute atomic E-state index is 0.890. The van der Waals surface area contributed by atoms with Gasteiger partial charge in [-0.1, -0.05) is 103 Å². The van der Waals surface area contributed by atoms with Crippen molar-refractivity contribution in [1.29, 1.82) is 0 Å². The molecule has 0 saturated carbocycles. The third-order valence-electron chi connectivity index (χ3n) is 10.7. The van der Waals surface area contributed by atoms with E-state index in [-0.39, 0.29) is 0 Å². The number of hydrogen-bond donors (Lipinski definition) is 0. The summed E-state index contributed by atoms with van der Waals surface area (Å²) in [5, 5.41) is 9.69. The van der Waals surface area contributed by atoms with Crippen molar-refractivity contribution in [3.63, 3.8) is 0 Å². The number of para-hydroxylation sites is 3. The van der Waals surface area contributed by atoms with Crippen molar-refractivity contribution >= 4 is 124 Å². The van der Waals surface area contributed by atoms with Gasteiger partial charge in [0.2, 0.25) is 0 Å². The molecule has 8 aromatic carbocycles. The molecule has 0 fully saturated rings. The number of hydrogen-bond acceptors (Lipinski definition) is 5. The molecule has 0 aliphatic heterocycles. The number of nitrogens with zero attached hydrogens (tertiary/aromatic N) is 1. The van der Waals surface area contributed by atoms with Crippen molar-refractivity contribution in [2.24, 2.45) is 0 Å². The predicted octanol–water partition coefficient (Wildman–Crippen LogP) is 15.4. The van der Waals surface area contributed by atoms with E-state index >= 15 is 0 Å². The first kappa shape index (κ1) is 29.2. The van der Waals surface area contributed by atoms with Crippen LogP contribution in [0.1, 0.15) is 0 Å². The van der Waals surface area contributed by atoms with E-state index in [4.69, 9.17) is 8.83 Å². The maximum Gasteiger partial charge on any atom is 0.144 e. The maximum atomic E-state index is 6.69. The van der Waals surface area contributed by atoms with Crippen LogP contribution in [0, 0.1) is 0 Å². The fourth-order valence-corrected chi connectivity index (χ4v) is 10.8. The number of anilines is 3. The van der Waals surface area contributed by atoms with Gasteiger partial charge in [0.15, 0.2) is 0 Å². The summed E-state index contributed by atoms with van der Waals surface area (Å²) in [5.41, 5.74) is 9.08. The van der Waals surface area contributed by atoms with Crippen LogP contribution < -0.4 is 4.90 Å². The highest BCUT2D eigenvalue weighted by atomic mass is 32.1. The first-order valence-corrected chi connectivity index (χ1v) is 19.4. The number of thiophene rings is 2. The Bertz CT molecular complexity index is 3400. The Morgan fingerprint density at radius 3 is 1.75 bits per heavy atom. The normalized spacial score (nSPS) is 12.2. The molecule has 5 heteroatoms. The fourth-order valence-electron chi connectivity index (χ4n) is 8.32. The van der Waals surface area contributed by atoms with E-state index in [1.807, 2.05) is 28.7 Å². The molecule has 248 valence electrons. The average molecular weight is 714 g/mol. The summed E-state index contributed by atoms with van der Waals surface area (Å²) in [4.78, 5) is 2.38. The summed E-state index contributed by atoms with van der Waals surface area (Å²) < 4.78 is 18.3. The smallest absolute Gasteiger partial charge is 0.144 e. The summed E-state index contributed by atoms with van der Waals surface area (Å²) in [7, 11) is 0. The molecule has 53 heavy (non-hydrogen) atoms. The van der Waals surface area contributed by atoms with Crippen LogP contribution in [0.25, 0.3) is 95.3 Å². The van der Waals surface area contributed by atoms with Crippen LogP contribution in [-0.2, 0) is 0 Å². The lowest BCUT2D eigenvalue weighted by Gasteiger charge is -2.26. The summed E-state index contributed by atoms with van der Waals surface area (Å²) in [6.45, 7) is 0. The standard InChI is InChI=1S/C48H27NO2S2/c1-2-12-29(13-3-1)49(37-27-40-44(32-15-4-8-18-38(32)50-40)48-43(37)34-17-7-11-21-42(34)53-48)30-24-22-28(23-25-30)35-26-36-31-14-6-10-20-41(31)52-47(36)45-33-16-5-9-19-39(33)51-46(35)45/h1-27H. The van der Waals surface area contributed by atoms with Gasteiger partial charge in [0.1, 0.15) is 22.3 Å². The number of furan rings is 2. The van der Waals surface area contributed by atoms with Crippen molar-refractivity contribution in [3.8, 4) is 11.1 Å². The molecule has 0 saturated heterocycles. The molecule has 0 aliphatic rings. The van der Waals surface area contributed by atoms with Gasteiger partial charge in [-0.3, -0.25) is 0 Å². The summed E-state index contributed by atoms with van der Waals surface area (Å²) >= 11 is 3.69. The topological polar surface area (TPSA) is 29.5 Å². The van der Waals surface area contributed by atoms with Gasteiger partial charge >= 0.3 is 0 Å². The first-order valence-electron chi connectivity index (χ1n) is 17.7. The second-order valence-electron chi connectivity index (χ2n) is 13.6. The molecule has 4 aromatic heterocycles. The fraction of sp³-hybridized carbons (Fsp3) is 0. The van der Waals surface area contributed by atoms with Crippen molar-refractivity contribution in [3.05, 3.63) is 164 Å². The Morgan fingerprint density at radius 1 is 0.396 bits per heavy atom. The number of rotatable bonds is 4. The molecule has 0 atom stereocenters. The van der Waals surface area contributed by atoms with Crippen LogP contribution in [0.4, 0.5) is 17.1 Å². The van der Waals surface area contributed by atoms with E-state index in [0.717, 1.165) is 61.3 Å². The zero-order valence-electron chi connectivity index (χ0n) is 28.2. The van der Waals surface area contributed by atoms with Gasteiger partial charge in [-0.2, -0.15) is 0 Å². The van der Waals surface area contributed by atoms with Crippen molar-refractivity contribution < 1.29 is 8.83 Å². The largest absolute Gasteiger partial charge is 0.456 e. The van der Waals surface area contributed by atoms with Gasteiger partial charge in [-0.05, 0) is 60.2 Å². The highest BCUT2D eigenvalue weighted by molar-refractivity contribution is 7.27. The van der Waals surface area contributed by atoms with Gasteiger partial charge in [-0.25, -0.2) is 0 Å². The lowest BCUT2D eigenvalue weighted by molar-refractivity contribution is 0.669. The predicted molar refractivity (Wildman–Crippen MR) is 227 cm³/mol. The molecule has 4 heterocycles. The third kappa shape index (κ3) is 4.20. The van der Waals surface area contributed by atoms with E-state index in [9.17, 15) is 0 Å². The van der Waals surface area contributed by atoms with Crippen molar-refractivity contribution in [2.45, 2.75) is 0 Å². The minimum Gasteiger partial charge on any atom is -0.456 e. The van der Waals surface area contributed by atoms with Gasteiger partial charge in [0.25, 0.3) is 0 Å². The molecule has 3 nitrogen and oxygen atoms in total. The van der Waals surface area contributed by atoms with Gasteiger partial charge in [-0.15, -0.1) is 22.7 Å². The molecule has 0 radical (unpaired) electrons. The minimum atomic E-state index is 0.890. The van der Waals surface area contributed by atoms with Gasteiger partial charge in [0.05, 0.1) is 5.69 Å². The molecule has 0 bridgehead atoms. The van der Waals surface area contributed by atoms with Gasteiger partial charge < -0.3 is 13.7 Å². The van der Waals surface area contributed by atoms with Crippen LogP contribution in [0.15, 0.2) is 173 Å². The molecular formula is C48H27NO2S2. The van der Waals surface area contributed by atoms with E-state index in [1.54, 1.807) is 0 Å². The van der Waals surface area contributed by atoms with Crippen LogP contribution >= 0.6 is 22.7 Å². The quantitative estimate of drug-likeness (QED) is 0.182. The monoisotopic (exact) mass is 713 g/mol. The average Bonchev–Trinajstić information content (AvgIpc) is 3.98. The van der Waals surface area contributed by atoms with Crippen LogP contribution in [0.2, 0.25) is 0 Å². The van der Waals surface area contributed by atoms with Crippen molar-refractivity contribution in [2.75, 3.05) is 4.90 Å². The lowest BCUT2D eigenvalue weighted by Crippen LogP contribution is -2.10. The Morgan fingerprint density at radius 2 is 0.981 bits per heavy atom. The number of benzene rings is 8. The Labute approximate surface area is 311 Å². The molecule has 0 amide bonds. The second kappa shape index (κ2) is 11.1. The van der Waals surface area contributed by atoms with Gasteiger partial charge in [0, 0.05) is 84.9 Å². The van der Waals surface area contributed by atoms with E-state index in [0.29, 0.717) is 0 Å². The highest BCUT2D eigenvalue weighted by Crippen LogP contribution is 2.51. The molecule has 0 aliphatic carbocycles. The SMILES string of the molecule is c1ccc(N(c2ccc(-c3cc4c5ccccc5sc4c4c3oc3ccccc34)cc2)c2cc3oc4ccccc4c3c3sc4ccccc4c23)cc1. The zero-order valence-corrected chi connectivity index (χ0v) is 29.8. The van der Waals surface area contributed by atoms with E-state index < -0.39 is 0 Å². The summed E-state index contributed by atoms with van der Waals surface area (Å²) in [5.74, 6) is 0. The van der Waals surface area contributed by atoms with Crippen LogP contribution in [-0.4, -0.2) is 0 Å². The van der Waals surface area contributed by atoms with Crippen LogP contribution in [0.3, 0.4) is 0 Å². The Hall–Kier alpha value is -6.40. The molecule has 12 aromatic rings. The van der Waals surface area contributed by atoms with E-state index in [2.05, 4.69) is 163 Å². The molecular weight excluding hydrogens is 687 g/mol. The number of fused-ring (bicyclic) bond motifs is 14. The third-order valence-corrected chi connectivity index (χ3v) is 13.0. The Kier molecular flexibility index (Phi) is 6.09. The first-order chi connectivity index (χ1) is 26.3. The lowest BCUT2D eigenvalue weighted by atomic mass is 9.98. The second-order valence-corrected chi connectivity index (χ2v) is 15.7. The highest BCUT2D eigenvalue weighted by Gasteiger charge is 2.24. The Balaban J connectivity index is 1.11. The molecule has 12 rings (SSSR count). The van der Waals surface area contributed by atoms with Crippen LogP contribution in [0.5, 0.6) is 0 Å². The summed E-state index contributed by atoms with van der Waals surface area (Å²) in [6.07, 6.45) is 0. The van der Waals surface area contributed by atoms with Crippen molar-refractivity contribution in [1.82, 2.24) is 0 Å². The zero-order chi connectivity index (χ0) is 34.6. The van der Waals surface area contributed by atoms with E-state index in [1.165, 1.54) is 51.1 Å².